The third-order valence-electron chi connectivity index (χ3n) is 3.02. The van der Waals surface area contributed by atoms with Crippen LogP contribution in [0.15, 0.2) is 42.6 Å². The van der Waals surface area contributed by atoms with Crippen LogP contribution >= 0.6 is 11.6 Å². The Morgan fingerprint density at radius 1 is 1.20 bits per heavy atom. The maximum absolute atomic E-state index is 12.0. The van der Waals surface area contributed by atoms with Crippen LogP contribution in [0.1, 0.15) is 35.7 Å². The van der Waals surface area contributed by atoms with E-state index in [0.717, 1.165) is 12.1 Å². The van der Waals surface area contributed by atoms with Crippen molar-refractivity contribution in [3.8, 4) is 0 Å². The van der Waals surface area contributed by atoms with Gasteiger partial charge in [-0.05, 0) is 42.7 Å². The fourth-order valence-electron chi connectivity index (χ4n) is 1.85. The molecule has 1 aromatic heterocycles. The molecule has 0 saturated carbocycles. The number of carbonyl (C=O) groups excluding carboxylic acids is 1. The zero-order valence-electron chi connectivity index (χ0n) is 11.4. The Balaban J connectivity index is 1.99. The first kappa shape index (κ1) is 14.5. The number of anilines is 1. The van der Waals surface area contributed by atoms with E-state index in [1.807, 2.05) is 24.3 Å². The number of nitrogens with zero attached hydrogens (tertiary/aromatic N) is 1. The fraction of sp³-hybridized carbons (Fsp3) is 0.250. The number of hydrogen-bond donors (Lipinski definition) is 1. The zero-order chi connectivity index (χ0) is 14.4. The van der Waals surface area contributed by atoms with Crippen LogP contribution in [0.4, 0.5) is 5.69 Å². The molecular weight excluding hydrogens is 272 g/mol. The Kier molecular flexibility index (Phi) is 5.13. The molecule has 0 atom stereocenters. The van der Waals surface area contributed by atoms with Gasteiger partial charge in [0.2, 0.25) is 0 Å². The van der Waals surface area contributed by atoms with Crippen molar-refractivity contribution in [1.82, 2.24) is 4.98 Å². The standard InChI is InChI=1S/C16H17ClN2O/c1-2-3-4-12-5-8-14(9-6-12)19-16(20)13-7-10-15(17)18-11-13/h5-11H,2-4H2,1H3,(H,19,20). The Labute approximate surface area is 124 Å². The molecule has 104 valence electrons. The molecular formula is C16H17ClN2O. The van der Waals surface area contributed by atoms with Gasteiger partial charge in [0.1, 0.15) is 5.15 Å². The van der Waals surface area contributed by atoms with E-state index < -0.39 is 0 Å². The monoisotopic (exact) mass is 288 g/mol. The number of aryl methyl sites for hydroxylation is 1. The highest BCUT2D eigenvalue weighted by Gasteiger charge is 2.06. The Bertz CT molecular complexity index is 564. The summed E-state index contributed by atoms with van der Waals surface area (Å²) in [7, 11) is 0. The van der Waals surface area contributed by atoms with Gasteiger partial charge in [-0.25, -0.2) is 4.98 Å². The second-order valence-corrected chi connectivity index (χ2v) is 5.01. The first-order valence-corrected chi connectivity index (χ1v) is 7.08. The fourth-order valence-corrected chi connectivity index (χ4v) is 1.96. The number of halogens is 1. The van der Waals surface area contributed by atoms with Crippen molar-refractivity contribution in [1.29, 1.82) is 0 Å². The molecule has 0 spiro atoms. The van der Waals surface area contributed by atoms with Gasteiger partial charge in [-0.15, -0.1) is 0 Å². The van der Waals surface area contributed by atoms with E-state index in [1.165, 1.54) is 24.6 Å². The highest BCUT2D eigenvalue weighted by Crippen LogP contribution is 2.13. The first-order chi connectivity index (χ1) is 9.69. The number of pyridine rings is 1. The minimum absolute atomic E-state index is 0.185. The Hall–Kier alpha value is -1.87. The minimum atomic E-state index is -0.185. The Morgan fingerprint density at radius 3 is 2.55 bits per heavy atom. The topological polar surface area (TPSA) is 42.0 Å². The summed E-state index contributed by atoms with van der Waals surface area (Å²) in [5.41, 5.74) is 2.56. The van der Waals surface area contributed by atoms with Crippen molar-refractivity contribution < 1.29 is 4.79 Å². The second kappa shape index (κ2) is 7.06. The summed E-state index contributed by atoms with van der Waals surface area (Å²) in [6, 6.07) is 11.2. The average Bonchev–Trinajstić information content (AvgIpc) is 2.47. The SMILES string of the molecule is CCCCc1ccc(NC(=O)c2ccc(Cl)nc2)cc1. The number of aromatic nitrogens is 1. The van der Waals surface area contributed by atoms with Gasteiger partial charge in [0.05, 0.1) is 5.56 Å². The lowest BCUT2D eigenvalue weighted by molar-refractivity contribution is 0.102. The third kappa shape index (κ3) is 4.07. The highest BCUT2D eigenvalue weighted by atomic mass is 35.5. The number of benzene rings is 1. The van der Waals surface area contributed by atoms with Gasteiger partial charge in [0, 0.05) is 11.9 Å². The van der Waals surface area contributed by atoms with Gasteiger partial charge < -0.3 is 5.32 Å². The molecule has 0 bridgehead atoms. The average molecular weight is 289 g/mol. The van der Waals surface area contributed by atoms with Crippen LogP contribution in [0.3, 0.4) is 0 Å². The lowest BCUT2D eigenvalue weighted by atomic mass is 10.1. The predicted molar refractivity (Wildman–Crippen MR) is 82.3 cm³/mol. The van der Waals surface area contributed by atoms with Gasteiger partial charge in [-0.1, -0.05) is 37.1 Å². The normalized spacial score (nSPS) is 10.3. The van der Waals surface area contributed by atoms with Crippen LogP contribution < -0.4 is 5.32 Å². The van der Waals surface area contributed by atoms with Crippen molar-refractivity contribution in [3.05, 3.63) is 58.9 Å². The quantitative estimate of drug-likeness (QED) is 0.832. The molecule has 4 heteroatoms. The van der Waals surface area contributed by atoms with Crippen molar-refractivity contribution in [3.63, 3.8) is 0 Å². The predicted octanol–water partition coefficient (Wildman–Crippen LogP) is 4.33. The molecule has 0 saturated heterocycles. The summed E-state index contributed by atoms with van der Waals surface area (Å²) in [6.45, 7) is 2.18. The summed E-state index contributed by atoms with van der Waals surface area (Å²) in [5, 5.41) is 3.22. The summed E-state index contributed by atoms with van der Waals surface area (Å²) >= 11 is 5.69. The molecule has 0 unspecified atom stereocenters. The van der Waals surface area contributed by atoms with Gasteiger partial charge in [0.25, 0.3) is 5.91 Å². The van der Waals surface area contributed by atoms with E-state index in [-0.39, 0.29) is 5.91 Å². The van der Waals surface area contributed by atoms with E-state index in [0.29, 0.717) is 10.7 Å². The molecule has 0 fully saturated rings. The molecule has 2 rings (SSSR count). The van der Waals surface area contributed by atoms with E-state index >= 15 is 0 Å². The molecule has 0 aliphatic heterocycles. The Morgan fingerprint density at radius 2 is 1.95 bits per heavy atom. The van der Waals surface area contributed by atoms with Gasteiger partial charge >= 0.3 is 0 Å². The largest absolute Gasteiger partial charge is 0.322 e. The number of nitrogens with one attached hydrogen (secondary N) is 1. The maximum Gasteiger partial charge on any atom is 0.257 e. The summed E-state index contributed by atoms with van der Waals surface area (Å²) in [5.74, 6) is -0.185. The molecule has 0 radical (unpaired) electrons. The van der Waals surface area contributed by atoms with E-state index in [9.17, 15) is 4.79 Å². The van der Waals surface area contributed by atoms with Gasteiger partial charge in [-0.2, -0.15) is 0 Å². The molecule has 1 amide bonds. The smallest absolute Gasteiger partial charge is 0.257 e. The van der Waals surface area contributed by atoms with Crippen LogP contribution in [0.25, 0.3) is 0 Å². The number of amides is 1. The van der Waals surface area contributed by atoms with E-state index in [4.69, 9.17) is 11.6 Å². The molecule has 0 aliphatic carbocycles. The first-order valence-electron chi connectivity index (χ1n) is 6.71. The summed E-state index contributed by atoms with van der Waals surface area (Å²) in [4.78, 5) is 15.9. The third-order valence-corrected chi connectivity index (χ3v) is 3.24. The minimum Gasteiger partial charge on any atom is -0.322 e. The number of unbranched alkanes of at least 4 members (excludes halogenated alkanes) is 1. The van der Waals surface area contributed by atoms with Gasteiger partial charge in [0.15, 0.2) is 0 Å². The van der Waals surface area contributed by atoms with E-state index in [2.05, 4.69) is 17.2 Å². The highest BCUT2D eigenvalue weighted by molar-refractivity contribution is 6.29. The lowest BCUT2D eigenvalue weighted by Crippen LogP contribution is -2.12. The molecule has 0 aliphatic rings. The summed E-state index contributed by atoms with van der Waals surface area (Å²) < 4.78 is 0. The van der Waals surface area contributed by atoms with Crippen LogP contribution in [0.5, 0.6) is 0 Å². The van der Waals surface area contributed by atoms with E-state index in [1.54, 1.807) is 12.1 Å². The molecule has 20 heavy (non-hydrogen) atoms. The lowest BCUT2D eigenvalue weighted by Gasteiger charge is -2.06. The van der Waals surface area contributed by atoms with Crippen molar-refractivity contribution in [2.45, 2.75) is 26.2 Å². The number of rotatable bonds is 5. The zero-order valence-corrected chi connectivity index (χ0v) is 12.2. The van der Waals surface area contributed by atoms with Crippen LogP contribution in [-0.2, 0) is 6.42 Å². The molecule has 1 aromatic carbocycles. The second-order valence-electron chi connectivity index (χ2n) is 4.62. The number of carbonyl (C=O) groups is 1. The molecule has 2 aromatic rings. The summed E-state index contributed by atoms with van der Waals surface area (Å²) in [6.07, 6.45) is 4.91. The van der Waals surface area contributed by atoms with Crippen molar-refractivity contribution >= 4 is 23.2 Å². The van der Waals surface area contributed by atoms with Crippen molar-refractivity contribution in [2.24, 2.45) is 0 Å². The van der Waals surface area contributed by atoms with Crippen LogP contribution in [0.2, 0.25) is 5.15 Å². The maximum atomic E-state index is 12.0. The van der Waals surface area contributed by atoms with Crippen LogP contribution in [0, 0.1) is 0 Å². The molecule has 1 heterocycles. The van der Waals surface area contributed by atoms with Crippen molar-refractivity contribution in [2.75, 3.05) is 5.32 Å². The molecule has 3 nitrogen and oxygen atoms in total. The van der Waals surface area contributed by atoms with Gasteiger partial charge in [-0.3, -0.25) is 4.79 Å². The number of hydrogen-bond acceptors (Lipinski definition) is 2. The van der Waals surface area contributed by atoms with Crippen LogP contribution in [-0.4, -0.2) is 10.9 Å². The molecule has 1 N–H and O–H groups in total.